The summed E-state index contributed by atoms with van der Waals surface area (Å²) < 4.78 is 5.64. The van der Waals surface area contributed by atoms with E-state index in [9.17, 15) is 0 Å². The standard InChI is InChI=1S/C17H17N3O/c1-2-21-17-6-4-3-5-15(17)20-14-9-10-19-16-11-12(18)7-8-13(14)16/h3-11H,2,18H2,1H3,(H,19,20). The molecule has 0 atom stereocenters. The number of ether oxygens (including phenoxy) is 1. The molecule has 0 radical (unpaired) electrons. The largest absolute Gasteiger partial charge is 0.492 e. The molecule has 0 unspecified atom stereocenters. The van der Waals surface area contributed by atoms with Crippen LogP contribution < -0.4 is 15.8 Å². The summed E-state index contributed by atoms with van der Waals surface area (Å²) in [6.45, 7) is 2.60. The van der Waals surface area contributed by atoms with Gasteiger partial charge in [-0.3, -0.25) is 4.98 Å². The third-order valence-corrected chi connectivity index (χ3v) is 3.22. The van der Waals surface area contributed by atoms with Crippen LogP contribution in [0.25, 0.3) is 10.9 Å². The van der Waals surface area contributed by atoms with Crippen molar-refractivity contribution >= 4 is 28.0 Å². The van der Waals surface area contributed by atoms with Crippen LogP contribution in [0.3, 0.4) is 0 Å². The van der Waals surface area contributed by atoms with Crippen molar-refractivity contribution in [3.8, 4) is 5.75 Å². The monoisotopic (exact) mass is 279 g/mol. The summed E-state index contributed by atoms with van der Waals surface area (Å²) in [5.41, 5.74) is 9.30. The van der Waals surface area contributed by atoms with E-state index in [1.165, 1.54) is 0 Å². The zero-order valence-corrected chi connectivity index (χ0v) is 11.8. The maximum atomic E-state index is 5.81. The smallest absolute Gasteiger partial charge is 0.142 e. The number of hydrogen-bond donors (Lipinski definition) is 2. The third kappa shape index (κ3) is 2.74. The third-order valence-electron chi connectivity index (χ3n) is 3.22. The van der Waals surface area contributed by atoms with Gasteiger partial charge in [0.2, 0.25) is 0 Å². The number of benzene rings is 2. The van der Waals surface area contributed by atoms with E-state index in [1.807, 2.05) is 55.5 Å². The predicted molar refractivity (Wildman–Crippen MR) is 87.0 cm³/mol. The molecular formula is C17H17N3O. The molecular weight excluding hydrogens is 262 g/mol. The molecule has 1 heterocycles. The van der Waals surface area contributed by atoms with E-state index < -0.39 is 0 Å². The van der Waals surface area contributed by atoms with E-state index in [1.54, 1.807) is 6.20 Å². The van der Waals surface area contributed by atoms with E-state index in [0.29, 0.717) is 12.3 Å². The lowest BCUT2D eigenvalue weighted by atomic mass is 10.1. The second kappa shape index (κ2) is 5.71. The van der Waals surface area contributed by atoms with Crippen molar-refractivity contribution in [3.05, 3.63) is 54.7 Å². The van der Waals surface area contributed by atoms with Gasteiger partial charge in [0.25, 0.3) is 0 Å². The Balaban J connectivity index is 2.02. The zero-order chi connectivity index (χ0) is 14.7. The van der Waals surface area contributed by atoms with Crippen molar-refractivity contribution in [1.29, 1.82) is 0 Å². The summed E-state index contributed by atoms with van der Waals surface area (Å²) in [5, 5.41) is 4.44. The summed E-state index contributed by atoms with van der Waals surface area (Å²) in [6.07, 6.45) is 1.77. The van der Waals surface area contributed by atoms with Gasteiger partial charge in [0, 0.05) is 23.0 Å². The van der Waals surface area contributed by atoms with E-state index in [4.69, 9.17) is 10.5 Å². The quantitative estimate of drug-likeness (QED) is 0.710. The molecule has 0 saturated carbocycles. The van der Waals surface area contributed by atoms with Crippen molar-refractivity contribution in [2.24, 2.45) is 0 Å². The van der Waals surface area contributed by atoms with Crippen molar-refractivity contribution in [1.82, 2.24) is 4.98 Å². The minimum atomic E-state index is 0.631. The summed E-state index contributed by atoms with van der Waals surface area (Å²) in [4.78, 5) is 4.35. The predicted octanol–water partition coefficient (Wildman–Crippen LogP) is 3.96. The normalized spacial score (nSPS) is 10.5. The number of aromatic nitrogens is 1. The van der Waals surface area contributed by atoms with Gasteiger partial charge >= 0.3 is 0 Å². The highest BCUT2D eigenvalue weighted by Gasteiger charge is 2.06. The highest BCUT2D eigenvalue weighted by Crippen LogP contribution is 2.31. The second-order valence-electron chi connectivity index (χ2n) is 4.69. The van der Waals surface area contributed by atoms with Crippen molar-refractivity contribution in [2.45, 2.75) is 6.92 Å². The number of nitrogens with zero attached hydrogens (tertiary/aromatic N) is 1. The lowest BCUT2D eigenvalue weighted by Gasteiger charge is -2.13. The molecule has 3 aromatic rings. The first-order valence-corrected chi connectivity index (χ1v) is 6.91. The first-order valence-electron chi connectivity index (χ1n) is 6.91. The number of hydrogen-bond acceptors (Lipinski definition) is 4. The molecule has 1 aromatic heterocycles. The van der Waals surface area contributed by atoms with E-state index in [2.05, 4.69) is 10.3 Å². The second-order valence-corrected chi connectivity index (χ2v) is 4.69. The van der Waals surface area contributed by atoms with Crippen LogP contribution in [-0.4, -0.2) is 11.6 Å². The topological polar surface area (TPSA) is 60.2 Å². The highest BCUT2D eigenvalue weighted by molar-refractivity contribution is 5.94. The van der Waals surface area contributed by atoms with Gasteiger partial charge in [0.15, 0.2) is 0 Å². The number of anilines is 3. The lowest BCUT2D eigenvalue weighted by molar-refractivity contribution is 0.342. The fourth-order valence-electron chi connectivity index (χ4n) is 2.27. The van der Waals surface area contributed by atoms with Crippen LogP contribution in [0, 0.1) is 0 Å². The fourth-order valence-corrected chi connectivity index (χ4v) is 2.27. The van der Waals surface area contributed by atoms with Gasteiger partial charge in [0.1, 0.15) is 5.75 Å². The number of nitrogens with one attached hydrogen (secondary N) is 1. The Morgan fingerprint density at radius 2 is 1.95 bits per heavy atom. The zero-order valence-electron chi connectivity index (χ0n) is 11.8. The molecule has 2 aromatic carbocycles. The SMILES string of the molecule is CCOc1ccccc1Nc1ccnc2cc(N)ccc12. The average molecular weight is 279 g/mol. The number of rotatable bonds is 4. The summed E-state index contributed by atoms with van der Waals surface area (Å²) in [6, 6.07) is 15.6. The minimum Gasteiger partial charge on any atom is -0.492 e. The Bertz CT molecular complexity index is 771. The maximum absolute atomic E-state index is 5.81. The van der Waals surface area contributed by atoms with Crippen LogP contribution >= 0.6 is 0 Å². The van der Waals surface area contributed by atoms with Crippen LogP contribution in [0.1, 0.15) is 6.92 Å². The number of nitrogens with two attached hydrogens (primary N) is 1. The lowest BCUT2D eigenvalue weighted by Crippen LogP contribution is -1.98. The molecule has 106 valence electrons. The van der Waals surface area contributed by atoms with E-state index in [0.717, 1.165) is 28.0 Å². The maximum Gasteiger partial charge on any atom is 0.142 e. The van der Waals surface area contributed by atoms with Gasteiger partial charge in [0.05, 0.1) is 17.8 Å². The van der Waals surface area contributed by atoms with Gasteiger partial charge in [-0.2, -0.15) is 0 Å². The molecule has 0 saturated heterocycles. The van der Waals surface area contributed by atoms with Gasteiger partial charge in [-0.15, -0.1) is 0 Å². The van der Waals surface area contributed by atoms with Gasteiger partial charge in [-0.25, -0.2) is 0 Å². The Labute approximate surface area is 123 Å². The highest BCUT2D eigenvalue weighted by atomic mass is 16.5. The molecule has 0 spiro atoms. The summed E-state index contributed by atoms with van der Waals surface area (Å²) in [7, 11) is 0. The molecule has 21 heavy (non-hydrogen) atoms. The first kappa shape index (κ1) is 13.2. The van der Waals surface area contributed by atoms with Crippen LogP contribution in [0.5, 0.6) is 5.75 Å². The summed E-state index contributed by atoms with van der Waals surface area (Å²) >= 11 is 0. The van der Waals surface area contributed by atoms with Crippen LogP contribution in [0.4, 0.5) is 17.1 Å². The van der Waals surface area contributed by atoms with Crippen LogP contribution in [-0.2, 0) is 0 Å². The molecule has 0 aliphatic carbocycles. The van der Waals surface area contributed by atoms with E-state index in [-0.39, 0.29) is 0 Å². The Morgan fingerprint density at radius 1 is 1.10 bits per heavy atom. The molecule has 4 nitrogen and oxygen atoms in total. The Hall–Kier alpha value is -2.75. The fraction of sp³-hybridized carbons (Fsp3) is 0.118. The molecule has 0 amide bonds. The van der Waals surface area contributed by atoms with Gasteiger partial charge in [-0.1, -0.05) is 12.1 Å². The number of pyridine rings is 1. The van der Waals surface area contributed by atoms with Crippen molar-refractivity contribution in [3.63, 3.8) is 0 Å². The Morgan fingerprint density at radius 3 is 2.81 bits per heavy atom. The van der Waals surface area contributed by atoms with E-state index >= 15 is 0 Å². The van der Waals surface area contributed by atoms with Crippen LogP contribution in [0.2, 0.25) is 0 Å². The van der Waals surface area contributed by atoms with Crippen LogP contribution in [0.15, 0.2) is 54.7 Å². The number of nitrogen functional groups attached to an aromatic ring is 1. The Kier molecular flexibility index (Phi) is 3.60. The summed E-state index contributed by atoms with van der Waals surface area (Å²) in [5.74, 6) is 0.834. The number of para-hydroxylation sites is 2. The molecule has 0 aliphatic rings. The molecule has 3 N–H and O–H groups in total. The number of fused-ring (bicyclic) bond motifs is 1. The molecule has 3 rings (SSSR count). The first-order chi connectivity index (χ1) is 10.3. The van der Waals surface area contributed by atoms with Gasteiger partial charge in [-0.05, 0) is 43.3 Å². The van der Waals surface area contributed by atoms with Crippen molar-refractivity contribution < 1.29 is 4.74 Å². The average Bonchev–Trinajstić information content (AvgIpc) is 2.49. The molecule has 0 aliphatic heterocycles. The van der Waals surface area contributed by atoms with Gasteiger partial charge < -0.3 is 15.8 Å². The molecule has 0 fully saturated rings. The molecule has 0 bridgehead atoms. The van der Waals surface area contributed by atoms with Crippen molar-refractivity contribution in [2.75, 3.05) is 17.7 Å². The minimum absolute atomic E-state index is 0.631. The molecule has 4 heteroatoms.